The van der Waals surface area contributed by atoms with Crippen molar-refractivity contribution in [1.82, 2.24) is 0 Å². The van der Waals surface area contributed by atoms with Crippen LogP contribution in [0, 0.1) is 5.82 Å². The maximum atomic E-state index is 13.0. The van der Waals surface area contributed by atoms with Gasteiger partial charge in [0.15, 0.2) is 0 Å². The minimum Gasteiger partial charge on any atom is -0.324 e. The smallest absolute Gasteiger partial charge is 0.324 e. The van der Waals surface area contributed by atoms with Crippen LogP contribution < -0.4 is 5.73 Å². The highest BCUT2D eigenvalue weighted by Gasteiger charge is 2.31. The fraction of sp³-hybridized carbons (Fsp3) is 0.333. The van der Waals surface area contributed by atoms with E-state index in [2.05, 4.69) is 15.9 Å². The van der Waals surface area contributed by atoms with Crippen molar-refractivity contribution in [2.75, 3.05) is 0 Å². The zero-order valence-corrected chi connectivity index (χ0v) is 9.07. The summed E-state index contributed by atoms with van der Waals surface area (Å²) in [4.78, 5) is 0. The van der Waals surface area contributed by atoms with Gasteiger partial charge >= 0.3 is 6.18 Å². The van der Waals surface area contributed by atoms with Crippen LogP contribution in [0.25, 0.3) is 0 Å². The summed E-state index contributed by atoms with van der Waals surface area (Å²) in [6.07, 6.45) is -5.50. The molecule has 84 valence electrons. The molecule has 0 aromatic heterocycles. The number of halogens is 5. The average molecular weight is 286 g/mol. The lowest BCUT2D eigenvalue weighted by Crippen LogP contribution is -2.20. The fourth-order valence-corrected chi connectivity index (χ4v) is 1.36. The molecule has 2 N–H and O–H groups in total. The van der Waals surface area contributed by atoms with Crippen molar-refractivity contribution >= 4 is 15.9 Å². The van der Waals surface area contributed by atoms with Crippen LogP contribution in [0.4, 0.5) is 17.6 Å². The van der Waals surface area contributed by atoms with Gasteiger partial charge in [-0.3, -0.25) is 0 Å². The molecule has 1 aromatic carbocycles. The van der Waals surface area contributed by atoms with Crippen molar-refractivity contribution < 1.29 is 17.6 Å². The van der Waals surface area contributed by atoms with E-state index in [1.54, 1.807) is 0 Å². The average Bonchev–Trinajstić information content (AvgIpc) is 2.06. The third-order valence-electron chi connectivity index (χ3n) is 1.82. The second-order valence-corrected chi connectivity index (χ2v) is 3.95. The molecular formula is C9H8BrF4N. The molecule has 1 atom stereocenters. The van der Waals surface area contributed by atoms with E-state index in [0.717, 1.165) is 6.07 Å². The van der Waals surface area contributed by atoms with Crippen LogP contribution in [0.1, 0.15) is 18.0 Å². The summed E-state index contributed by atoms with van der Waals surface area (Å²) >= 11 is 2.90. The first-order valence-electron chi connectivity index (χ1n) is 4.07. The van der Waals surface area contributed by atoms with E-state index < -0.39 is 24.5 Å². The van der Waals surface area contributed by atoms with Gasteiger partial charge < -0.3 is 5.73 Å². The molecule has 0 amide bonds. The highest BCUT2D eigenvalue weighted by molar-refractivity contribution is 9.10. The van der Waals surface area contributed by atoms with E-state index in [1.165, 1.54) is 12.1 Å². The molecule has 1 aromatic rings. The Labute approximate surface area is 92.4 Å². The monoisotopic (exact) mass is 285 g/mol. The van der Waals surface area contributed by atoms with E-state index in [0.29, 0.717) is 0 Å². The molecule has 1 unspecified atom stereocenters. The van der Waals surface area contributed by atoms with Crippen LogP contribution >= 0.6 is 15.9 Å². The number of alkyl halides is 3. The Balaban J connectivity index is 2.83. The maximum absolute atomic E-state index is 13.0. The molecule has 15 heavy (non-hydrogen) atoms. The predicted octanol–water partition coefficient (Wildman–Crippen LogP) is 3.54. The minimum atomic E-state index is -4.34. The number of hydrogen-bond acceptors (Lipinski definition) is 1. The van der Waals surface area contributed by atoms with Gasteiger partial charge in [-0.05, 0) is 33.6 Å². The van der Waals surface area contributed by atoms with Crippen molar-refractivity contribution in [2.45, 2.75) is 18.6 Å². The first-order chi connectivity index (χ1) is 6.79. The van der Waals surface area contributed by atoms with Gasteiger partial charge in [0.1, 0.15) is 5.82 Å². The lowest BCUT2D eigenvalue weighted by atomic mass is 10.0. The summed E-state index contributed by atoms with van der Waals surface area (Å²) in [7, 11) is 0. The summed E-state index contributed by atoms with van der Waals surface area (Å²) in [5.74, 6) is -0.620. The third kappa shape index (κ3) is 3.79. The summed E-state index contributed by atoms with van der Waals surface area (Å²) in [6.45, 7) is 0. The summed E-state index contributed by atoms with van der Waals surface area (Å²) in [5, 5.41) is 0. The standard InChI is InChI=1S/C9H8BrF4N/c10-6-2-1-5(3-7(6)11)8(15)4-9(12,13)14/h1-3,8H,4,15H2. The number of nitrogens with two attached hydrogens (primary N) is 1. The minimum absolute atomic E-state index is 0.132. The van der Waals surface area contributed by atoms with Crippen molar-refractivity contribution in [2.24, 2.45) is 5.73 Å². The molecule has 1 rings (SSSR count). The van der Waals surface area contributed by atoms with Crippen LogP contribution in [-0.4, -0.2) is 6.18 Å². The molecule has 0 aliphatic rings. The molecule has 6 heteroatoms. The quantitative estimate of drug-likeness (QED) is 0.827. The molecule has 0 aliphatic heterocycles. The second-order valence-electron chi connectivity index (χ2n) is 3.10. The van der Waals surface area contributed by atoms with Crippen LogP contribution in [0.2, 0.25) is 0 Å². The van der Waals surface area contributed by atoms with Gasteiger partial charge in [-0.25, -0.2) is 4.39 Å². The molecule has 0 heterocycles. The lowest BCUT2D eigenvalue weighted by Gasteiger charge is -2.14. The van der Waals surface area contributed by atoms with Gasteiger partial charge in [0.25, 0.3) is 0 Å². The first kappa shape index (κ1) is 12.4. The van der Waals surface area contributed by atoms with E-state index in [-0.39, 0.29) is 10.0 Å². The van der Waals surface area contributed by atoms with E-state index in [1.807, 2.05) is 0 Å². The fourth-order valence-electron chi connectivity index (χ4n) is 1.11. The third-order valence-corrected chi connectivity index (χ3v) is 2.47. The predicted molar refractivity (Wildman–Crippen MR) is 51.7 cm³/mol. The van der Waals surface area contributed by atoms with Crippen LogP contribution in [0.3, 0.4) is 0 Å². The largest absolute Gasteiger partial charge is 0.390 e. The molecule has 0 saturated heterocycles. The first-order valence-corrected chi connectivity index (χ1v) is 4.86. The van der Waals surface area contributed by atoms with Crippen LogP contribution in [-0.2, 0) is 0 Å². The summed E-state index contributed by atoms with van der Waals surface area (Å²) in [5.41, 5.74) is 5.43. The number of benzene rings is 1. The Morgan fingerprint density at radius 1 is 1.33 bits per heavy atom. The van der Waals surface area contributed by atoms with Gasteiger partial charge in [-0.2, -0.15) is 13.2 Å². The van der Waals surface area contributed by atoms with Gasteiger partial charge in [-0.1, -0.05) is 6.07 Å². The normalized spacial score (nSPS) is 14.0. The molecular weight excluding hydrogens is 278 g/mol. The molecule has 0 spiro atoms. The van der Waals surface area contributed by atoms with Gasteiger partial charge in [0, 0.05) is 6.04 Å². The zero-order valence-electron chi connectivity index (χ0n) is 7.48. The molecule has 1 nitrogen and oxygen atoms in total. The van der Waals surface area contributed by atoms with Crippen molar-refractivity contribution in [1.29, 1.82) is 0 Å². The number of rotatable bonds is 2. The van der Waals surface area contributed by atoms with Crippen molar-refractivity contribution in [3.63, 3.8) is 0 Å². The van der Waals surface area contributed by atoms with E-state index in [4.69, 9.17) is 5.73 Å². The Morgan fingerprint density at radius 3 is 2.40 bits per heavy atom. The molecule has 0 fully saturated rings. The van der Waals surface area contributed by atoms with Crippen LogP contribution in [0.5, 0.6) is 0 Å². The lowest BCUT2D eigenvalue weighted by molar-refractivity contribution is -0.138. The topological polar surface area (TPSA) is 26.0 Å². The van der Waals surface area contributed by atoms with Gasteiger partial charge in [0.05, 0.1) is 10.9 Å². The highest BCUT2D eigenvalue weighted by Crippen LogP contribution is 2.29. The Kier molecular flexibility index (Phi) is 3.72. The number of hydrogen-bond donors (Lipinski definition) is 1. The van der Waals surface area contributed by atoms with Crippen molar-refractivity contribution in [3.8, 4) is 0 Å². The molecule has 0 saturated carbocycles. The SMILES string of the molecule is NC(CC(F)(F)F)c1ccc(Br)c(F)c1. The second kappa shape index (κ2) is 4.49. The van der Waals surface area contributed by atoms with E-state index >= 15 is 0 Å². The van der Waals surface area contributed by atoms with Gasteiger partial charge in [-0.15, -0.1) is 0 Å². The maximum Gasteiger partial charge on any atom is 0.390 e. The van der Waals surface area contributed by atoms with Crippen LogP contribution in [0.15, 0.2) is 22.7 Å². The van der Waals surface area contributed by atoms with Crippen molar-refractivity contribution in [3.05, 3.63) is 34.1 Å². The molecule has 0 radical (unpaired) electrons. The summed E-state index contributed by atoms with van der Waals surface area (Å²) in [6, 6.07) is 2.47. The Hall–Kier alpha value is -0.620. The zero-order chi connectivity index (χ0) is 11.6. The molecule has 0 aliphatic carbocycles. The van der Waals surface area contributed by atoms with E-state index in [9.17, 15) is 17.6 Å². The van der Waals surface area contributed by atoms with Gasteiger partial charge in [0.2, 0.25) is 0 Å². The molecule has 0 bridgehead atoms. The Bertz CT molecular complexity index is 350. The highest BCUT2D eigenvalue weighted by atomic mass is 79.9. The Morgan fingerprint density at radius 2 is 1.93 bits per heavy atom. The summed E-state index contributed by atoms with van der Waals surface area (Å²) < 4.78 is 49.2.